The Morgan fingerprint density at radius 3 is 2.77 bits per heavy atom. The summed E-state index contributed by atoms with van der Waals surface area (Å²) in [6.07, 6.45) is 7.40. The van der Waals surface area contributed by atoms with Crippen LogP contribution < -0.4 is 5.56 Å². The van der Waals surface area contributed by atoms with Crippen molar-refractivity contribution < 1.29 is 0 Å². The minimum atomic E-state index is 0.00214. The molecule has 5 heteroatoms. The molecule has 1 N–H and O–H groups in total. The SMILES string of the molecule is CC(C)c1cc(-c2ccc(C(C)n3ccnc3)s2)c[nH]c1=O. The first-order valence-electron chi connectivity index (χ1n) is 7.36. The molecule has 3 heterocycles. The number of nitrogens with one attached hydrogen (secondary N) is 1. The van der Waals surface area contributed by atoms with Crippen molar-refractivity contribution in [2.45, 2.75) is 32.7 Å². The number of H-pyrrole nitrogens is 1. The van der Waals surface area contributed by atoms with Gasteiger partial charge in [-0.15, -0.1) is 11.3 Å². The highest BCUT2D eigenvalue weighted by molar-refractivity contribution is 7.15. The Morgan fingerprint density at radius 2 is 2.09 bits per heavy atom. The second kappa shape index (κ2) is 5.93. The molecule has 0 saturated heterocycles. The van der Waals surface area contributed by atoms with Gasteiger partial charge in [-0.2, -0.15) is 0 Å². The van der Waals surface area contributed by atoms with Crippen molar-refractivity contribution in [2.75, 3.05) is 0 Å². The van der Waals surface area contributed by atoms with E-state index in [1.54, 1.807) is 23.7 Å². The number of pyridine rings is 1. The van der Waals surface area contributed by atoms with Gasteiger partial charge < -0.3 is 9.55 Å². The number of hydrogen-bond acceptors (Lipinski definition) is 3. The molecule has 0 bridgehead atoms. The number of thiophene rings is 1. The topological polar surface area (TPSA) is 50.7 Å². The van der Waals surface area contributed by atoms with Crippen LogP contribution in [0.4, 0.5) is 0 Å². The quantitative estimate of drug-likeness (QED) is 0.790. The van der Waals surface area contributed by atoms with Crippen molar-refractivity contribution in [2.24, 2.45) is 0 Å². The number of aromatic amines is 1. The molecule has 1 unspecified atom stereocenters. The van der Waals surface area contributed by atoms with Crippen molar-refractivity contribution in [3.63, 3.8) is 0 Å². The molecule has 0 amide bonds. The normalized spacial score (nSPS) is 12.7. The van der Waals surface area contributed by atoms with Gasteiger partial charge >= 0.3 is 0 Å². The maximum absolute atomic E-state index is 11.9. The number of nitrogens with zero attached hydrogens (tertiary/aromatic N) is 2. The standard InChI is InChI=1S/C17H19N3OS/c1-11(2)14-8-13(9-19-17(14)21)16-5-4-15(22-16)12(3)20-7-6-18-10-20/h4-12H,1-3H3,(H,19,21). The predicted molar refractivity (Wildman–Crippen MR) is 90.5 cm³/mol. The fourth-order valence-electron chi connectivity index (χ4n) is 2.45. The van der Waals surface area contributed by atoms with Crippen LogP contribution in [-0.2, 0) is 0 Å². The fourth-order valence-corrected chi connectivity index (χ4v) is 3.50. The molecule has 3 aromatic rings. The van der Waals surface area contributed by atoms with Crippen LogP contribution in [0.1, 0.15) is 43.2 Å². The lowest BCUT2D eigenvalue weighted by Gasteiger charge is -2.10. The first-order chi connectivity index (χ1) is 10.6. The largest absolute Gasteiger partial charge is 0.329 e. The van der Waals surface area contributed by atoms with E-state index in [0.29, 0.717) is 0 Å². The fraction of sp³-hybridized carbons (Fsp3) is 0.294. The lowest BCUT2D eigenvalue weighted by molar-refractivity contribution is 0.649. The van der Waals surface area contributed by atoms with Crippen molar-refractivity contribution in [1.29, 1.82) is 0 Å². The van der Waals surface area contributed by atoms with E-state index in [1.165, 1.54) is 9.75 Å². The molecular formula is C17H19N3OS. The Labute approximate surface area is 133 Å². The molecule has 0 spiro atoms. The number of hydrogen-bond donors (Lipinski definition) is 1. The van der Waals surface area contributed by atoms with E-state index in [-0.39, 0.29) is 17.5 Å². The third kappa shape index (κ3) is 2.76. The predicted octanol–water partition coefficient (Wildman–Crippen LogP) is 4.03. The molecule has 1 atom stereocenters. The maximum atomic E-state index is 11.9. The molecule has 0 fully saturated rings. The highest BCUT2D eigenvalue weighted by atomic mass is 32.1. The van der Waals surface area contributed by atoms with E-state index in [9.17, 15) is 4.79 Å². The Balaban J connectivity index is 1.94. The smallest absolute Gasteiger partial charge is 0.251 e. The van der Waals surface area contributed by atoms with Crippen LogP contribution in [0.25, 0.3) is 10.4 Å². The number of rotatable bonds is 4. The van der Waals surface area contributed by atoms with Gasteiger partial charge in [-0.05, 0) is 31.0 Å². The van der Waals surface area contributed by atoms with Gasteiger partial charge in [0.1, 0.15) is 0 Å². The zero-order valence-electron chi connectivity index (χ0n) is 12.9. The molecule has 0 aromatic carbocycles. The van der Waals surface area contributed by atoms with Gasteiger partial charge in [-0.3, -0.25) is 4.79 Å². The number of aromatic nitrogens is 3. The molecule has 0 aliphatic heterocycles. The zero-order valence-corrected chi connectivity index (χ0v) is 13.7. The van der Waals surface area contributed by atoms with Crippen LogP contribution in [0.3, 0.4) is 0 Å². The monoisotopic (exact) mass is 313 g/mol. The summed E-state index contributed by atoms with van der Waals surface area (Å²) in [5, 5.41) is 0. The summed E-state index contributed by atoms with van der Waals surface area (Å²) in [5.41, 5.74) is 1.90. The summed E-state index contributed by atoms with van der Waals surface area (Å²) in [4.78, 5) is 21.2. The first-order valence-corrected chi connectivity index (χ1v) is 8.18. The lowest BCUT2D eigenvalue weighted by Crippen LogP contribution is -2.12. The average Bonchev–Trinajstić information content (AvgIpc) is 3.18. The van der Waals surface area contributed by atoms with Crippen LogP contribution >= 0.6 is 11.3 Å². The highest BCUT2D eigenvalue weighted by Crippen LogP contribution is 2.33. The molecule has 0 aliphatic rings. The summed E-state index contributed by atoms with van der Waals surface area (Å²) >= 11 is 1.75. The first kappa shape index (κ1) is 14.8. The third-order valence-corrected chi connectivity index (χ3v) is 5.15. The lowest BCUT2D eigenvalue weighted by atomic mass is 10.0. The van der Waals surface area contributed by atoms with Gasteiger partial charge in [0.15, 0.2) is 0 Å². The Hall–Kier alpha value is -2.14. The van der Waals surface area contributed by atoms with Gasteiger partial charge in [0.25, 0.3) is 5.56 Å². The van der Waals surface area contributed by atoms with Crippen molar-refractivity contribution in [1.82, 2.24) is 14.5 Å². The Morgan fingerprint density at radius 1 is 1.27 bits per heavy atom. The number of imidazole rings is 1. The molecule has 0 radical (unpaired) electrons. The minimum Gasteiger partial charge on any atom is -0.329 e. The van der Waals surface area contributed by atoms with Gasteiger partial charge in [0, 0.05) is 39.5 Å². The van der Waals surface area contributed by atoms with Crippen LogP contribution in [0, 0.1) is 0 Å². The zero-order chi connectivity index (χ0) is 15.7. The van der Waals surface area contributed by atoms with E-state index in [2.05, 4.69) is 33.6 Å². The van der Waals surface area contributed by atoms with Crippen molar-refractivity contribution >= 4 is 11.3 Å². The second-order valence-electron chi connectivity index (χ2n) is 5.72. The van der Waals surface area contributed by atoms with E-state index in [1.807, 2.05) is 32.4 Å². The van der Waals surface area contributed by atoms with Crippen molar-refractivity contribution in [3.05, 3.63) is 63.9 Å². The molecule has 0 saturated carbocycles. The Kier molecular flexibility index (Phi) is 3.98. The van der Waals surface area contributed by atoms with E-state index in [0.717, 1.165) is 11.1 Å². The van der Waals surface area contributed by atoms with Gasteiger partial charge in [0.05, 0.1) is 12.4 Å². The molecule has 4 nitrogen and oxygen atoms in total. The van der Waals surface area contributed by atoms with Crippen LogP contribution in [0.5, 0.6) is 0 Å². The molecule has 0 aliphatic carbocycles. The summed E-state index contributed by atoms with van der Waals surface area (Å²) in [5.74, 6) is 0.216. The third-order valence-electron chi connectivity index (χ3n) is 3.85. The van der Waals surface area contributed by atoms with E-state index >= 15 is 0 Å². The summed E-state index contributed by atoms with van der Waals surface area (Å²) in [7, 11) is 0. The van der Waals surface area contributed by atoms with Crippen LogP contribution in [0.15, 0.2) is 47.9 Å². The highest BCUT2D eigenvalue weighted by Gasteiger charge is 2.13. The molecule has 114 valence electrons. The summed E-state index contributed by atoms with van der Waals surface area (Å²) in [6.45, 7) is 6.23. The summed E-state index contributed by atoms with van der Waals surface area (Å²) in [6, 6.07) is 6.52. The van der Waals surface area contributed by atoms with E-state index in [4.69, 9.17) is 0 Å². The minimum absolute atomic E-state index is 0.00214. The van der Waals surface area contributed by atoms with Gasteiger partial charge in [-0.1, -0.05) is 13.8 Å². The van der Waals surface area contributed by atoms with Crippen LogP contribution in [0.2, 0.25) is 0 Å². The molecule has 3 rings (SSSR count). The summed E-state index contributed by atoms with van der Waals surface area (Å²) < 4.78 is 2.09. The van der Waals surface area contributed by atoms with Crippen LogP contribution in [-0.4, -0.2) is 14.5 Å². The van der Waals surface area contributed by atoms with Crippen molar-refractivity contribution in [3.8, 4) is 10.4 Å². The molecule has 3 aromatic heterocycles. The van der Waals surface area contributed by atoms with Gasteiger partial charge in [0.2, 0.25) is 0 Å². The maximum Gasteiger partial charge on any atom is 0.251 e. The Bertz CT molecular complexity index is 815. The average molecular weight is 313 g/mol. The van der Waals surface area contributed by atoms with Gasteiger partial charge in [-0.25, -0.2) is 4.98 Å². The second-order valence-corrected chi connectivity index (χ2v) is 6.83. The van der Waals surface area contributed by atoms with E-state index < -0.39 is 0 Å². The molecule has 22 heavy (non-hydrogen) atoms. The molecular weight excluding hydrogens is 294 g/mol.